The Kier molecular flexibility index (Phi) is 10.7. The van der Waals surface area contributed by atoms with E-state index in [0.29, 0.717) is 45.0 Å². The second kappa shape index (κ2) is 12.3. The van der Waals surface area contributed by atoms with Gasteiger partial charge in [0.15, 0.2) is 5.96 Å². The van der Waals surface area contributed by atoms with E-state index < -0.39 is 17.2 Å². The summed E-state index contributed by atoms with van der Waals surface area (Å²) in [5, 5.41) is 9.28. The molecule has 0 atom stereocenters. The van der Waals surface area contributed by atoms with Crippen molar-refractivity contribution in [2.75, 3.05) is 20.1 Å². The molecule has 1 heterocycles. The maximum atomic E-state index is 12.5. The molecule has 32 heavy (non-hydrogen) atoms. The van der Waals surface area contributed by atoms with Gasteiger partial charge in [0.05, 0.1) is 5.54 Å². The lowest BCUT2D eigenvalue weighted by Crippen LogP contribution is -2.54. The van der Waals surface area contributed by atoms with Crippen molar-refractivity contribution >= 4 is 41.9 Å². The minimum absolute atomic E-state index is 0. The van der Waals surface area contributed by atoms with Crippen molar-refractivity contribution in [3.63, 3.8) is 0 Å². The molecule has 1 aromatic carbocycles. The number of fused-ring (bicyclic) bond motifs is 1. The number of guanidine groups is 1. The van der Waals surface area contributed by atoms with Crippen LogP contribution >= 0.6 is 24.0 Å². The Labute approximate surface area is 209 Å². The molecule has 180 valence electrons. The summed E-state index contributed by atoms with van der Waals surface area (Å²) in [7, 11) is 1.69. The van der Waals surface area contributed by atoms with Crippen molar-refractivity contribution in [2.45, 2.75) is 71.7 Å². The van der Waals surface area contributed by atoms with Crippen molar-refractivity contribution in [3.8, 4) is 0 Å². The van der Waals surface area contributed by atoms with Gasteiger partial charge in [-0.1, -0.05) is 24.3 Å². The first-order valence-electron chi connectivity index (χ1n) is 10.8. The third-order valence-electron chi connectivity index (χ3n) is 4.81. The maximum absolute atomic E-state index is 12.5. The molecule has 1 aliphatic rings. The van der Waals surface area contributed by atoms with Crippen LogP contribution in [0.3, 0.4) is 0 Å². The fraction of sp³-hybridized carbons (Fsp3) is 0.609. The first kappa shape index (κ1) is 28.0. The smallest absolute Gasteiger partial charge is 0.408 e. The van der Waals surface area contributed by atoms with Crippen LogP contribution in [0.5, 0.6) is 0 Å². The van der Waals surface area contributed by atoms with Crippen molar-refractivity contribution in [1.82, 2.24) is 20.9 Å². The largest absolute Gasteiger partial charge is 0.444 e. The summed E-state index contributed by atoms with van der Waals surface area (Å²) < 4.78 is 5.31. The first-order valence-corrected chi connectivity index (χ1v) is 10.8. The quantitative estimate of drug-likeness (QED) is 0.206. The molecular formula is C23H38IN5O3. The molecule has 0 bridgehead atoms. The topological polar surface area (TPSA) is 95.1 Å². The molecule has 0 saturated heterocycles. The maximum Gasteiger partial charge on any atom is 0.408 e. The molecule has 0 aliphatic carbocycles. The Morgan fingerprint density at radius 2 is 1.66 bits per heavy atom. The van der Waals surface area contributed by atoms with Gasteiger partial charge in [-0.05, 0) is 52.2 Å². The summed E-state index contributed by atoms with van der Waals surface area (Å²) in [5.41, 5.74) is 1.41. The predicted molar refractivity (Wildman–Crippen MR) is 138 cm³/mol. The highest BCUT2D eigenvalue weighted by molar-refractivity contribution is 14.0. The average molecular weight is 559 g/mol. The molecule has 0 radical (unpaired) electrons. The summed E-state index contributed by atoms with van der Waals surface area (Å²) in [5.74, 6) is 0.795. The van der Waals surface area contributed by atoms with Gasteiger partial charge in [-0.3, -0.25) is 9.79 Å². The van der Waals surface area contributed by atoms with Crippen molar-refractivity contribution in [3.05, 3.63) is 35.4 Å². The zero-order valence-corrected chi connectivity index (χ0v) is 22.4. The van der Waals surface area contributed by atoms with Gasteiger partial charge in [-0.2, -0.15) is 0 Å². The standard InChI is InChI=1S/C23H37N5O3.HI/c1-22(2,3)31-21(30)27-23(4,5)16-26-20(24-6)25-13-9-12-19(29)28-14-17-10-7-8-11-18(17)15-28;/h7-8,10-11H,9,12-16H2,1-6H3,(H,27,30)(H2,24,25,26);1H. The molecule has 0 fully saturated rings. The minimum atomic E-state index is -0.541. The number of halogens is 1. The van der Waals surface area contributed by atoms with Crippen LogP contribution in [0.25, 0.3) is 0 Å². The second-order valence-electron chi connectivity index (χ2n) is 9.49. The summed E-state index contributed by atoms with van der Waals surface area (Å²) in [6.45, 7) is 11.8. The highest BCUT2D eigenvalue weighted by Crippen LogP contribution is 2.22. The van der Waals surface area contributed by atoms with Gasteiger partial charge in [0, 0.05) is 39.6 Å². The lowest BCUT2D eigenvalue weighted by molar-refractivity contribution is -0.131. The van der Waals surface area contributed by atoms with Crippen LogP contribution in [0.1, 0.15) is 58.6 Å². The number of nitrogens with one attached hydrogen (secondary N) is 3. The number of amides is 2. The Morgan fingerprint density at radius 3 is 2.19 bits per heavy atom. The highest BCUT2D eigenvalue weighted by atomic mass is 127. The molecule has 3 N–H and O–H groups in total. The molecule has 1 aromatic rings. The number of benzene rings is 1. The normalized spacial score (nSPS) is 13.7. The van der Waals surface area contributed by atoms with Crippen molar-refractivity contribution in [2.24, 2.45) is 4.99 Å². The van der Waals surface area contributed by atoms with Crippen LogP contribution in [0.2, 0.25) is 0 Å². The SMILES string of the molecule is CN=C(NCCCC(=O)N1Cc2ccccc2C1)NCC(C)(C)NC(=O)OC(C)(C)C.I. The lowest BCUT2D eigenvalue weighted by Gasteiger charge is -2.29. The molecule has 8 nitrogen and oxygen atoms in total. The molecule has 2 amide bonds. The molecule has 0 aromatic heterocycles. The summed E-state index contributed by atoms with van der Waals surface area (Å²) >= 11 is 0. The third-order valence-corrected chi connectivity index (χ3v) is 4.81. The van der Waals surface area contributed by atoms with E-state index in [1.807, 2.05) is 51.7 Å². The molecule has 0 unspecified atom stereocenters. The summed E-state index contributed by atoms with van der Waals surface area (Å²) in [6.07, 6.45) is 0.750. The van der Waals surface area contributed by atoms with E-state index in [1.165, 1.54) is 11.1 Å². The number of nitrogens with zero attached hydrogens (tertiary/aromatic N) is 2. The molecular weight excluding hydrogens is 521 g/mol. The van der Waals surface area contributed by atoms with Crippen LogP contribution in [0.15, 0.2) is 29.3 Å². The van der Waals surface area contributed by atoms with E-state index in [9.17, 15) is 9.59 Å². The van der Waals surface area contributed by atoms with E-state index in [-0.39, 0.29) is 29.9 Å². The first-order chi connectivity index (χ1) is 14.5. The van der Waals surface area contributed by atoms with Crippen LogP contribution in [0.4, 0.5) is 4.79 Å². The van der Waals surface area contributed by atoms with E-state index in [4.69, 9.17) is 4.74 Å². The molecule has 0 spiro atoms. The fourth-order valence-corrected chi connectivity index (χ4v) is 3.26. The number of hydrogen-bond donors (Lipinski definition) is 3. The minimum Gasteiger partial charge on any atom is -0.444 e. The summed E-state index contributed by atoms with van der Waals surface area (Å²) in [6, 6.07) is 8.19. The Balaban J connectivity index is 0.00000512. The number of carbonyl (C=O) groups excluding carboxylic acids is 2. The lowest BCUT2D eigenvalue weighted by atomic mass is 10.1. The monoisotopic (exact) mass is 559 g/mol. The number of rotatable bonds is 7. The van der Waals surface area contributed by atoms with Gasteiger partial charge < -0.3 is 25.6 Å². The fourth-order valence-electron chi connectivity index (χ4n) is 3.26. The Hall–Kier alpha value is -2.04. The molecule has 0 saturated carbocycles. The van der Waals surface area contributed by atoms with Crippen LogP contribution in [-0.2, 0) is 22.6 Å². The predicted octanol–water partition coefficient (Wildman–Crippen LogP) is 3.40. The highest BCUT2D eigenvalue weighted by Gasteiger charge is 2.25. The van der Waals surface area contributed by atoms with Gasteiger partial charge in [-0.15, -0.1) is 24.0 Å². The van der Waals surface area contributed by atoms with E-state index >= 15 is 0 Å². The van der Waals surface area contributed by atoms with E-state index in [1.54, 1.807) is 7.05 Å². The van der Waals surface area contributed by atoms with Gasteiger partial charge in [0.2, 0.25) is 5.91 Å². The number of carbonyl (C=O) groups is 2. The summed E-state index contributed by atoms with van der Waals surface area (Å²) in [4.78, 5) is 30.6. The zero-order chi connectivity index (χ0) is 23.1. The number of hydrogen-bond acceptors (Lipinski definition) is 4. The van der Waals surface area contributed by atoms with Gasteiger partial charge >= 0.3 is 6.09 Å². The molecule has 9 heteroatoms. The molecule has 1 aliphatic heterocycles. The van der Waals surface area contributed by atoms with Crippen molar-refractivity contribution in [1.29, 1.82) is 0 Å². The van der Waals surface area contributed by atoms with Gasteiger partial charge in [0.1, 0.15) is 5.60 Å². The Bertz CT molecular complexity index is 780. The van der Waals surface area contributed by atoms with E-state index in [0.717, 1.165) is 0 Å². The zero-order valence-electron chi connectivity index (χ0n) is 20.1. The van der Waals surface area contributed by atoms with Gasteiger partial charge in [0.25, 0.3) is 0 Å². The number of aliphatic imine (C=N–C) groups is 1. The van der Waals surface area contributed by atoms with Gasteiger partial charge in [-0.25, -0.2) is 4.79 Å². The van der Waals surface area contributed by atoms with Crippen molar-refractivity contribution < 1.29 is 14.3 Å². The second-order valence-corrected chi connectivity index (χ2v) is 9.49. The number of ether oxygens (including phenoxy) is 1. The van der Waals surface area contributed by atoms with Crippen LogP contribution in [-0.4, -0.2) is 54.1 Å². The van der Waals surface area contributed by atoms with Crippen LogP contribution in [0, 0.1) is 0 Å². The number of alkyl carbamates (subject to hydrolysis) is 1. The third kappa shape index (κ3) is 9.62. The van der Waals surface area contributed by atoms with E-state index in [2.05, 4.69) is 33.1 Å². The Morgan fingerprint density at radius 1 is 1.06 bits per heavy atom. The molecule has 2 rings (SSSR count). The van der Waals surface area contributed by atoms with Crippen LogP contribution < -0.4 is 16.0 Å². The average Bonchev–Trinajstić information content (AvgIpc) is 3.09.